The van der Waals surface area contributed by atoms with Crippen LogP contribution in [-0.2, 0) is 0 Å². The van der Waals surface area contributed by atoms with Crippen molar-refractivity contribution in [3.8, 4) is 0 Å². The van der Waals surface area contributed by atoms with Crippen molar-refractivity contribution >= 4 is 34.8 Å². The van der Waals surface area contributed by atoms with E-state index in [2.05, 4.69) is 20.6 Å². The lowest BCUT2D eigenvalue weighted by Gasteiger charge is -2.08. The molecule has 0 saturated carbocycles. The highest BCUT2D eigenvalue weighted by atomic mass is 35.5. The molecule has 0 aliphatic carbocycles. The minimum atomic E-state index is -0.869. The van der Waals surface area contributed by atoms with Gasteiger partial charge in [0.1, 0.15) is 17.3 Å². The molecule has 3 aromatic rings. The van der Waals surface area contributed by atoms with Crippen LogP contribution in [-0.4, -0.2) is 15.9 Å². The number of anilines is 3. The van der Waals surface area contributed by atoms with Gasteiger partial charge in [0.05, 0.1) is 16.3 Å². The summed E-state index contributed by atoms with van der Waals surface area (Å²) in [5.74, 6) is -2.24. The van der Waals surface area contributed by atoms with E-state index in [9.17, 15) is 13.6 Å². The van der Waals surface area contributed by atoms with Crippen LogP contribution in [0, 0.1) is 11.6 Å². The van der Waals surface area contributed by atoms with Crippen molar-refractivity contribution in [2.75, 3.05) is 10.6 Å². The van der Waals surface area contributed by atoms with E-state index in [0.29, 0.717) is 10.7 Å². The minimum absolute atomic E-state index is 0.0485. The van der Waals surface area contributed by atoms with Crippen LogP contribution in [0.5, 0.6) is 0 Å². The predicted octanol–water partition coefficient (Wildman–Crippen LogP) is 4.40. The standard InChI is InChI=1S/C17H11ClF2N4O/c18-11-4-1-2-7-14(11)23-17-21-8-10(9-22-17)16(25)24-15-12(19)5-3-6-13(15)20/h1-9H,(H,24,25)(H,21,22,23). The molecule has 126 valence electrons. The van der Waals surface area contributed by atoms with Gasteiger partial charge in [-0.3, -0.25) is 4.79 Å². The van der Waals surface area contributed by atoms with Gasteiger partial charge in [0, 0.05) is 12.4 Å². The third-order valence-corrected chi connectivity index (χ3v) is 3.57. The maximum absolute atomic E-state index is 13.6. The number of nitrogens with zero attached hydrogens (tertiary/aromatic N) is 2. The van der Waals surface area contributed by atoms with Gasteiger partial charge < -0.3 is 10.6 Å². The van der Waals surface area contributed by atoms with Crippen molar-refractivity contribution in [2.45, 2.75) is 0 Å². The van der Waals surface area contributed by atoms with Crippen LogP contribution in [0.4, 0.5) is 26.1 Å². The molecule has 2 N–H and O–H groups in total. The Morgan fingerprint density at radius 1 is 0.960 bits per heavy atom. The number of carbonyl (C=O) groups is 1. The Bertz CT molecular complexity index is 899. The minimum Gasteiger partial charge on any atom is -0.323 e. The Kier molecular flexibility index (Phi) is 4.85. The number of aromatic nitrogens is 2. The van der Waals surface area contributed by atoms with Crippen LogP contribution in [0.1, 0.15) is 10.4 Å². The second-order valence-electron chi connectivity index (χ2n) is 4.95. The molecule has 0 unspecified atom stereocenters. The van der Waals surface area contributed by atoms with Gasteiger partial charge in [-0.05, 0) is 24.3 Å². The summed E-state index contributed by atoms with van der Waals surface area (Å²) in [7, 11) is 0. The topological polar surface area (TPSA) is 66.9 Å². The van der Waals surface area contributed by atoms with Gasteiger partial charge in [0.2, 0.25) is 5.95 Å². The van der Waals surface area contributed by atoms with Gasteiger partial charge in [-0.2, -0.15) is 0 Å². The number of halogens is 3. The molecule has 0 atom stereocenters. The van der Waals surface area contributed by atoms with Gasteiger partial charge >= 0.3 is 0 Å². The highest BCUT2D eigenvalue weighted by Gasteiger charge is 2.14. The van der Waals surface area contributed by atoms with Gasteiger partial charge in [-0.15, -0.1) is 0 Å². The van der Waals surface area contributed by atoms with Crippen molar-refractivity contribution in [1.29, 1.82) is 0 Å². The Labute approximate surface area is 146 Å². The summed E-state index contributed by atoms with van der Waals surface area (Å²) in [6, 6.07) is 10.3. The first kappa shape index (κ1) is 16.8. The van der Waals surface area contributed by atoms with E-state index in [0.717, 1.165) is 12.1 Å². The summed E-state index contributed by atoms with van der Waals surface area (Å²) in [6.07, 6.45) is 2.47. The Hall–Kier alpha value is -3.06. The number of hydrogen-bond acceptors (Lipinski definition) is 4. The van der Waals surface area contributed by atoms with E-state index >= 15 is 0 Å². The molecule has 0 aliphatic heterocycles. The van der Waals surface area contributed by atoms with Crippen molar-refractivity contribution in [1.82, 2.24) is 9.97 Å². The molecule has 25 heavy (non-hydrogen) atoms. The maximum Gasteiger partial charge on any atom is 0.258 e. The molecule has 0 radical (unpaired) electrons. The molecule has 5 nitrogen and oxygen atoms in total. The van der Waals surface area contributed by atoms with Crippen molar-refractivity contribution < 1.29 is 13.6 Å². The zero-order valence-corrected chi connectivity index (χ0v) is 13.4. The lowest BCUT2D eigenvalue weighted by Crippen LogP contribution is -2.15. The summed E-state index contributed by atoms with van der Waals surface area (Å²) >= 11 is 6.02. The molecule has 1 aromatic heterocycles. The number of para-hydroxylation sites is 2. The third kappa shape index (κ3) is 3.89. The SMILES string of the molecule is O=C(Nc1c(F)cccc1F)c1cnc(Nc2ccccc2Cl)nc1. The van der Waals surface area contributed by atoms with E-state index < -0.39 is 23.2 Å². The molecule has 1 amide bonds. The van der Waals surface area contributed by atoms with Crippen LogP contribution in [0.15, 0.2) is 54.9 Å². The fourth-order valence-corrected chi connectivity index (χ4v) is 2.18. The summed E-state index contributed by atoms with van der Waals surface area (Å²) < 4.78 is 27.1. The fourth-order valence-electron chi connectivity index (χ4n) is 2.00. The molecule has 0 spiro atoms. The second kappa shape index (κ2) is 7.23. The first-order chi connectivity index (χ1) is 12.0. The summed E-state index contributed by atoms with van der Waals surface area (Å²) in [4.78, 5) is 20.1. The molecule has 0 saturated heterocycles. The number of carbonyl (C=O) groups excluding carboxylic acids is 1. The lowest BCUT2D eigenvalue weighted by molar-refractivity contribution is 0.102. The zero-order valence-electron chi connectivity index (χ0n) is 12.6. The molecular weight excluding hydrogens is 350 g/mol. The highest BCUT2D eigenvalue weighted by Crippen LogP contribution is 2.23. The van der Waals surface area contributed by atoms with Gasteiger partial charge in [-0.25, -0.2) is 18.7 Å². The van der Waals surface area contributed by atoms with E-state index in [-0.39, 0.29) is 11.5 Å². The van der Waals surface area contributed by atoms with Crippen LogP contribution in [0.3, 0.4) is 0 Å². The zero-order chi connectivity index (χ0) is 17.8. The highest BCUT2D eigenvalue weighted by molar-refractivity contribution is 6.33. The number of benzene rings is 2. The van der Waals surface area contributed by atoms with Gasteiger partial charge in [0.25, 0.3) is 5.91 Å². The fraction of sp³-hybridized carbons (Fsp3) is 0. The molecule has 1 heterocycles. The number of hydrogen-bond donors (Lipinski definition) is 2. The van der Waals surface area contributed by atoms with Gasteiger partial charge in [-0.1, -0.05) is 29.8 Å². The van der Waals surface area contributed by atoms with Crippen molar-refractivity contribution in [3.63, 3.8) is 0 Å². The van der Waals surface area contributed by atoms with E-state index in [4.69, 9.17) is 11.6 Å². The molecular formula is C17H11ClF2N4O. The number of rotatable bonds is 4. The summed E-state index contributed by atoms with van der Waals surface area (Å²) in [5.41, 5.74) is 0.132. The Morgan fingerprint density at radius 3 is 2.24 bits per heavy atom. The van der Waals surface area contributed by atoms with Crippen LogP contribution < -0.4 is 10.6 Å². The Balaban J connectivity index is 1.74. The van der Waals surface area contributed by atoms with Crippen LogP contribution in [0.25, 0.3) is 0 Å². The lowest BCUT2D eigenvalue weighted by atomic mass is 10.2. The predicted molar refractivity (Wildman–Crippen MR) is 91.1 cm³/mol. The number of amides is 1. The monoisotopic (exact) mass is 360 g/mol. The Morgan fingerprint density at radius 2 is 1.60 bits per heavy atom. The first-order valence-electron chi connectivity index (χ1n) is 7.13. The van der Waals surface area contributed by atoms with Crippen molar-refractivity contribution in [3.05, 3.63) is 77.1 Å². The van der Waals surface area contributed by atoms with Crippen LogP contribution in [0.2, 0.25) is 5.02 Å². The molecule has 3 rings (SSSR count). The normalized spacial score (nSPS) is 10.4. The number of nitrogens with one attached hydrogen (secondary N) is 2. The molecule has 0 bridgehead atoms. The first-order valence-corrected chi connectivity index (χ1v) is 7.51. The quantitative estimate of drug-likeness (QED) is 0.723. The van der Waals surface area contributed by atoms with Gasteiger partial charge in [0.15, 0.2) is 0 Å². The van der Waals surface area contributed by atoms with Crippen molar-refractivity contribution in [2.24, 2.45) is 0 Å². The molecule has 2 aromatic carbocycles. The average molecular weight is 361 g/mol. The smallest absolute Gasteiger partial charge is 0.258 e. The average Bonchev–Trinajstić information content (AvgIpc) is 2.61. The van der Waals surface area contributed by atoms with E-state index in [1.807, 2.05) is 0 Å². The largest absolute Gasteiger partial charge is 0.323 e. The third-order valence-electron chi connectivity index (χ3n) is 3.24. The second-order valence-corrected chi connectivity index (χ2v) is 5.36. The van der Waals surface area contributed by atoms with Crippen LogP contribution >= 0.6 is 11.6 Å². The maximum atomic E-state index is 13.6. The molecule has 8 heteroatoms. The molecule has 0 aliphatic rings. The van der Waals surface area contributed by atoms with E-state index in [1.54, 1.807) is 24.3 Å². The summed E-state index contributed by atoms with van der Waals surface area (Å²) in [5, 5.41) is 5.55. The molecule has 0 fully saturated rings. The van der Waals surface area contributed by atoms with E-state index in [1.165, 1.54) is 18.5 Å². The summed E-state index contributed by atoms with van der Waals surface area (Å²) in [6.45, 7) is 0.